The fraction of sp³-hybridized carbons (Fsp3) is 0.375. The summed E-state index contributed by atoms with van der Waals surface area (Å²) < 4.78 is 0. The number of nitrogens with zero attached hydrogens (tertiary/aromatic N) is 4. The first-order valence-corrected chi connectivity index (χ1v) is 3.97. The second-order valence-electron chi connectivity index (χ2n) is 2.74. The minimum Gasteiger partial charge on any atom is -0.233 e. The molecule has 2 rings (SSSR count). The molecule has 0 amide bonds. The average molecular weight is 162 g/mol. The molecular formula is C8H10N4. The van der Waals surface area contributed by atoms with Gasteiger partial charge >= 0.3 is 0 Å². The van der Waals surface area contributed by atoms with E-state index in [1.54, 1.807) is 11.0 Å². The lowest BCUT2D eigenvalue weighted by molar-refractivity contribution is 0.577. The van der Waals surface area contributed by atoms with Gasteiger partial charge in [-0.15, -0.1) is 5.10 Å². The summed E-state index contributed by atoms with van der Waals surface area (Å²) in [5.74, 6) is 0. The molecule has 0 N–H and O–H groups in total. The van der Waals surface area contributed by atoms with Crippen LogP contribution in [-0.4, -0.2) is 20.0 Å². The summed E-state index contributed by atoms with van der Waals surface area (Å²) in [4.78, 5) is 5.80. The van der Waals surface area contributed by atoms with Crippen LogP contribution in [-0.2, 0) is 6.54 Å². The van der Waals surface area contributed by atoms with Crippen molar-refractivity contribution in [3.63, 3.8) is 0 Å². The van der Waals surface area contributed by atoms with Crippen LogP contribution in [0.3, 0.4) is 0 Å². The number of hydrogen-bond donors (Lipinski definition) is 0. The first-order valence-electron chi connectivity index (χ1n) is 3.97. The van der Waals surface area contributed by atoms with Gasteiger partial charge in [0.2, 0.25) is 5.65 Å². The highest BCUT2D eigenvalue weighted by Crippen LogP contribution is 2.06. The Labute approximate surface area is 70.2 Å². The molecule has 0 aromatic carbocycles. The Morgan fingerprint density at radius 1 is 1.42 bits per heavy atom. The average Bonchev–Trinajstić information content (AvgIpc) is 2.46. The highest BCUT2D eigenvalue weighted by molar-refractivity contribution is 5.69. The van der Waals surface area contributed by atoms with Crippen LogP contribution in [0.1, 0.15) is 12.5 Å². The lowest BCUT2D eigenvalue weighted by atomic mass is 10.3. The molecule has 0 aliphatic heterocycles. The second-order valence-corrected chi connectivity index (χ2v) is 2.74. The van der Waals surface area contributed by atoms with Gasteiger partial charge in [0, 0.05) is 6.20 Å². The molecule has 0 unspecified atom stereocenters. The van der Waals surface area contributed by atoms with Crippen molar-refractivity contribution in [1.82, 2.24) is 20.0 Å². The maximum absolute atomic E-state index is 4.24. The molecule has 2 aromatic rings. The van der Waals surface area contributed by atoms with Crippen LogP contribution in [0.15, 0.2) is 12.3 Å². The van der Waals surface area contributed by atoms with Crippen molar-refractivity contribution in [3.8, 4) is 0 Å². The summed E-state index contributed by atoms with van der Waals surface area (Å²) in [5, 5.41) is 8.40. The molecule has 0 aliphatic carbocycles. The molecule has 4 nitrogen and oxygen atoms in total. The number of fused-ring (bicyclic) bond motifs is 1. The van der Waals surface area contributed by atoms with Gasteiger partial charge < -0.3 is 0 Å². The third kappa shape index (κ3) is 1.05. The summed E-state index contributed by atoms with van der Waals surface area (Å²) in [6.07, 6.45) is 1.80. The minimum absolute atomic E-state index is 0.724. The van der Waals surface area contributed by atoms with Crippen molar-refractivity contribution in [2.45, 2.75) is 20.4 Å². The van der Waals surface area contributed by atoms with Crippen LogP contribution in [0.25, 0.3) is 11.2 Å². The predicted molar refractivity (Wildman–Crippen MR) is 45.7 cm³/mol. The Balaban J connectivity index is 2.67. The maximum atomic E-state index is 4.24. The Morgan fingerprint density at radius 3 is 3.00 bits per heavy atom. The van der Waals surface area contributed by atoms with Crippen molar-refractivity contribution in [1.29, 1.82) is 0 Å². The van der Waals surface area contributed by atoms with E-state index in [0.29, 0.717) is 0 Å². The first kappa shape index (κ1) is 7.21. The van der Waals surface area contributed by atoms with E-state index in [2.05, 4.69) is 15.2 Å². The van der Waals surface area contributed by atoms with Crippen LogP contribution >= 0.6 is 0 Å². The van der Waals surface area contributed by atoms with Crippen molar-refractivity contribution >= 4 is 11.2 Å². The standard InChI is InChI=1S/C8H10N4/c1-3-12-10-7-4-6(2)5-9-8(7)11-12/h4-5H,3H2,1-2H3. The molecule has 0 spiro atoms. The van der Waals surface area contributed by atoms with Crippen molar-refractivity contribution in [3.05, 3.63) is 17.8 Å². The Morgan fingerprint density at radius 2 is 2.25 bits per heavy atom. The zero-order chi connectivity index (χ0) is 8.55. The lowest BCUT2D eigenvalue weighted by Gasteiger charge is -1.86. The molecule has 0 radical (unpaired) electrons. The van der Waals surface area contributed by atoms with Crippen LogP contribution in [0.4, 0.5) is 0 Å². The van der Waals surface area contributed by atoms with Gasteiger partial charge in [-0.1, -0.05) is 0 Å². The highest BCUT2D eigenvalue weighted by atomic mass is 15.5. The smallest absolute Gasteiger partial charge is 0.201 e. The van der Waals surface area contributed by atoms with Crippen LogP contribution in [0, 0.1) is 6.92 Å². The molecule has 0 fully saturated rings. The number of pyridine rings is 1. The third-order valence-electron chi connectivity index (χ3n) is 1.70. The molecule has 0 saturated heterocycles. The topological polar surface area (TPSA) is 43.6 Å². The van der Waals surface area contributed by atoms with E-state index in [1.807, 2.05) is 19.9 Å². The van der Waals surface area contributed by atoms with E-state index in [0.717, 1.165) is 23.3 Å². The van der Waals surface area contributed by atoms with E-state index in [-0.39, 0.29) is 0 Å². The number of aryl methyl sites for hydroxylation is 2. The van der Waals surface area contributed by atoms with Crippen molar-refractivity contribution in [2.24, 2.45) is 0 Å². The van der Waals surface area contributed by atoms with Crippen LogP contribution < -0.4 is 0 Å². The maximum Gasteiger partial charge on any atom is 0.201 e. The number of hydrogen-bond acceptors (Lipinski definition) is 3. The van der Waals surface area contributed by atoms with Gasteiger partial charge in [-0.25, -0.2) is 4.98 Å². The Bertz CT molecular complexity index is 404. The van der Waals surface area contributed by atoms with E-state index < -0.39 is 0 Å². The van der Waals surface area contributed by atoms with Crippen LogP contribution in [0.2, 0.25) is 0 Å². The molecule has 0 aliphatic rings. The fourth-order valence-corrected chi connectivity index (χ4v) is 1.09. The quantitative estimate of drug-likeness (QED) is 0.631. The van der Waals surface area contributed by atoms with Crippen molar-refractivity contribution in [2.75, 3.05) is 0 Å². The third-order valence-corrected chi connectivity index (χ3v) is 1.70. The molecule has 0 saturated carbocycles. The molecular weight excluding hydrogens is 152 g/mol. The van der Waals surface area contributed by atoms with E-state index in [4.69, 9.17) is 0 Å². The summed E-state index contributed by atoms with van der Waals surface area (Å²) >= 11 is 0. The van der Waals surface area contributed by atoms with E-state index in [9.17, 15) is 0 Å². The Kier molecular flexibility index (Phi) is 1.53. The molecule has 62 valence electrons. The van der Waals surface area contributed by atoms with Gasteiger partial charge in [0.1, 0.15) is 5.52 Å². The zero-order valence-electron chi connectivity index (χ0n) is 7.15. The molecule has 0 atom stereocenters. The minimum atomic E-state index is 0.724. The van der Waals surface area contributed by atoms with Crippen molar-refractivity contribution < 1.29 is 0 Å². The zero-order valence-corrected chi connectivity index (χ0v) is 7.15. The summed E-state index contributed by atoms with van der Waals surface area (Å²) in [6.45, 7) is 4.79. The molecule has 0 bridgehead atoms. The molecule has 12 heavy (non-hydrogen) atoms. The van der Waals surface area contributed by atoms with Gasteiger partial charge in [0.15, 0.2) is 0 Å². The second kappa shape index (κ2) is 2.55. The Hall–Kier alpha value is -1.45. The fourth-order valence-electron chi connectivity index (χ4n) is 1.09. The lowest BCUT2D eigenvalue weighted by Crippen LogP contribution is -1.97. The SMILES string of the molecule is CCn1nc2cc(C)cnc2n1. The predicted octanol–water partition coefficient (Wildman–Crippen LogP) is 1.15. The highest BCUT2D eigenvalue weighted by Gasteiger charge is 2.01. The monoisotopic (exact) mass is 162 g/mol. The van der Waals surface area contributed by atoms with Gasteiger partial charge in [-0.2, -0.15) is 9.90 Å². The molecule has 4 heteroatoms. The summed E-state index contributed by atoms with van der Waals surface area (Å²) in [5.41, 5.74) is 2.71. The first-order chi connectivity index (χ1) is 5.79. The summed E-state index contributed by atoms with van der Waals surface area (Å²) in [6, 6.07) is 1.99. The molecule has 2 aromatic heterocycles. The summed E-state index contributed by atoms with van der Waals surface area (Å²) in [7, 11) is 0. The number of rotatable bonds is 1. The molecule has 2 heterocycles. The van der Waals surface area contributed by atoms with Gasteiger partial charge in [0.25, 0.3) is 0 Å². The number of aromatic nitrogens is 4. The van der Waals surface area contributed by atoms with E-state index in [1.165, 1.54) is 0 Å². The van der Waals surface area contributed by atoms with Gasteiger partial charge in [0.05, 0.1) is 6.54 Å². The van der Waals surface area contributed by atoms with Gasteiger partial charge in [-0.05, 0) is 25.5 Å². The largest absolute Gasteiger partial charge is 0.233 e. The van der Waals surface area contributed by atoms with E-state index >= 15 is 0 Å². The van der Waals surface area contributed by atoms with Crippen LogP contribution in [0.5, 0.6) is 0 Å². The van der Waals surface area contributed by atoms with Gasteiger partial charge in [-0.3, -0.25) is 0 Å². The normalized spacial score (nSPS) is 10.8.